The van der Waals surface area contributed by atoms with Crippen LogP contribution in [-0.2, 0) is 13.0 Å². The fraction of sp³-hybridized carbons (Fsp3) is 0.120. The molecule has 3 aromatic carbocycles. The monoisotopic (exact) mass is 473 g/mol. The average molecular weight is 474 g/mol. The number of thiazole rings is 1. The molecule has 164 valence electrons. The molecule has 2 aromatic heterocycles. The van der Waals surface area contributed by atoms with Crippen LogP contribution in [0.5, 0.6) is 0 Å². The van der Waals surface area contributed by atoms with Crippen LogP contribution in [0.4, 0.5) is 10.8 Å². The first-order valence-electron chi connectivity index (χ1n) is 10.5. The highest BCUT2D eigenvalue weighted by atomic mass is 32.1. The third-order valence-electron chi connectivity index (χ3n) is 5.45. The normalized spacial score (nSPS) is 11.2. The van der Waals surface area contributed by atoms with Gasteiger partial charge in [-0.3, -0.25) is 19.8 Å². The van der Waals surface area contributed by atoms with Crippen molar-refractivity contribution in [1.82, 2.24) is 4.98 Å². The van der Waals surface area contributed by atoms with Gasteiger partial charge in [-0.1, -0.05) is 60.7 Å². The molecule has 0 saturated carbocycles. The molecule has 8 heteroatoms. The van der Waals surface area contributed by atoms with Crippen LogP contribution in [0.2, 0.25) is 0 Å². The number of hydrogen-bond acceptors (Lipinski definition) is 6. The summed E-state index contributed by atoms with van der Waals surface area (Å²) in [5, 5.41) is 12.5. The highest BCUT2D eigenvalue weighted by Gasteiger charge is 2.24. The van der Waals surface area contributed by atoms with E-state index in [1.54, 1.807) is 17.0 Å². The van der Waals surface area contributed by atoms with Crippen molar-refractivity contribution < 1.29 is 9.72 Å². The summed E-state index contributed by atoms with van der Waals surface area (Å²) in [5.41, 5.74) is 3.09. The number of nitro groups is 1. The van der Waals surface area contributed by atoms with Gasteiger partial charge in [-0.25, -0.2) is 4.98 Å². The van der Waals surface area contributed by atoms with Crippen LogP contribution in [0.3, 0.4) is 0 Å². The molecule has 0 atom stereocenters. The Hall–Kier alpha value is -3.62. The van der Waals surface area contributed by atoms with Gasteiger partial charge in [0.1, 0.15) is 0 Å². The molecule has 0 aliphatic rings. The molecule has 0 unspecified atom stereocenters. The molecule has 0 N–H and O–H groups in total. The van der Waals surface area contributed by atoms with Crippen molar-refractivity contribution in [3.63, 3.8) is 0 Å². The largest absolute Gasteiger partial charge is 0.279 e. The fourth-order valence-electron chi connectivity index (χ4n) is 3.77. The highest BCUT2D eigenvalue weighted by molar-refractivity contribution is 7.23. The second-order valence-corrected chi connectivity index (χ2v) is 9.67. The van der Waals surface area contributed by atoms with Crippen LogP contribution in [0.15, 0.2) is 72.8 Å². The third-order valence-corrected chi connectivity index (χ3v) is 7.60. The Bertz CT molecular complexity index is 1490. The van der Waals surface area contributed by atoms with Crippen LogP contribution in [0.25, 0.3) is 20.3 Å². The van der Waals surface area contributed by atoms with E-state index in [0.29, 0.717) is 21.9 Å². The van der Waals surface area contributed by atoms with Crippen molar-refractivity contribution in [3.8, 4) is 0 Å². The van der Waals surface area contributed by atoms with Crippen molar-refractivity contribution in [2.75, 3.05) is 4.90 Å². The molecular weight excluding hydrogens is 454 g/mol. The predicted octanol–water partition coefficient (Wildman–Crippen LogP) is 6.83. The number of aryl methyl sites for hydroxylation is 1. The van der Waals surface area contributed by atoms with Gasteiger partial charge >= 0.3 is 0 Å². The van der Waals surface area contributed by atoms with Crippen LogP contribution in [0.1, 0.15) is 27.7 Å². The average Bonchev–Trinajstić information content (AvgIpc) is 3.46. The van der Waals surface area contributed by atoms with E-state index in [1.165, 1.54) is 34.8 Å². The zero-order valence-electron chi connectivity index (χ0n) is 17.7. The summed E-state index contributed by atoms with van der Waals surface area (Å²) in [6, 6.07) is 22.3. The SMILES string of the molecule is CCc1cccc2sc(N(Cc3ccccc3)C(=O)c3cc4cc([N+](=O)[O-])ccc4s3)nc12. The number of thiophene rings is 1. The Kier molecular flexibility index (Phi) is 5.62. The van der Waals surface area contributed by atoms with E-state index in [2.05, 4.69) is 13.0 Å². The van der Waals surface area contributed by atoms with Gasteiger partial charge in [0.25, 0.3) is 11.6 Å². The maximum absolute atomic E-state index is 13.7. The van der Waals surface area contributed by atoms with Crippen molar-refractivity contribution in [2.45, 2.75) is 19.9 Å². The van der Waals surface area contributed by atoms with Gasteiger partial charge in [-0.15, -0.1) is 11.3 Å². The number of rotatable bonds is 6. The lowest BCUT2D eigenvalue weighted by atomic mass is 10.1. The smallest absolute Gasteiger partial charge is 0.270 e. The van der Waals surface area contributed by atoms with Gasteiger partial charge in [0.2, 0.25) is 0 Å². The van der Waals surface area contributed by atoms with E-state index in [9.17, 15) is 14.9 Å². The van der Waals surface area contributed by atoms with Crippen LogP contribution in [-0.4, -0.2) is 15.8 Å². The number of non-ortho nitro benzene ring substituents is 1. The molecule has 0 fully saturated rings. The van der Waals surface area contributed by atoms with Gasteiger partial charge in [-0.05, 0) is 35.7 Å². The minimum absolute atomic E-state index is 0.0127. The summed E-state index contributed by atoms with van der Waals surface area (Å²) in [4.78, 5) is 31.5. The molecule has 0 aliphatic heterocycles. The first-order valence-corrected chi connectivity index (χ1v) is 12.1. The van der Waals surface area contributed by atoms with Crippen molar-refractivity contribution in [2.24, 2.45) is 0 Å². The Balaban J connectivity index is 1.59. The van der Waals surface area contributed by atoms with E-state index in [4.69, 9.17) is 4.98 Å². The van der Waals surface area contributed by atoms with Crippen LogP contribution >= 0.6 is 22.7 Å². The first-order chi connectivity index (χ1) is 16.0. The summed E-state index contributed by atoms with van der Waals surface area (Å²) >= 11 is 2.84. The highest BCUT2D eigenvalue weighted by Crippen LogP contribution is 2.35. The summed E-state index contributed by atoms with van der Waals surface area (Å²) in [6.07, 6.45) is 0.863. The molecule has 2 heterocycles. The summed E-state index contributed by atoms with van der Waals surface area (Å²) in [6.45, 7) is 2.48. The number of carbonyl (C=O) groups is 1. The van der Waals surface area contributed by atoms with Gasteiger partial charge in [0, 0.05) is 22.2 Å². The number of para-hydroxylation sites is 1. The standard InChI is InChI=1S/C25H19N3O3S2/c1-2-17-9-6-10-21-23(17)26-25(33-21)27(15-16-7-4-3-5-8-16)24(29)22-14-18-13-19(28(30)31)11-12-20(18)32-22/h3-14H,2,15H2,1H3. The summed E-state index contributed by atoms with van der Waals surface area (Å²) in [5.74, 6) is -0.167. The van der Waals surface area contributed by atoms with Gasteiger partial charge in [0.15, 0.2) is 5.13 Å². The molecule has 0 aliphatic carbocycles. The molecule has 5 aromatic rings. The zero-order valence-corrected chi connectivity index (χ0v) is 19.4. The molecule has 6 nitrogen and oxygen atoms in total. The van der Waals surface area contributed by atoms with E-state index in [-0.39, 0.29) is 11.6 Å². The minimum atomic E-state index is -0.424. The number of benzene rings is 3. The van der Waals surface area contributed by atoms with E-state index in [1.807, 2.05) is 42.5 Å². The van der Waals surface area contributed by atoms with Gasteiger partial charge in [-0.2, -0.15) is 0 Å². The number of anilines is 1. The molecule has 0 spiro atoms. The molecule has 33 heavy (non-hydrogen) atoms. The number of hydrogen-bond donors (Lipinski definition) is 0. The van der Waals surface area contributed by atoms with Crippen molar-refractivity contribution >= 4 is 59.7 Å². The second-order valence-electron chi connectivity index (χ2n) is 7.58. The molecule has 1 amide bonds. The minimum Gasteiger partial charge on any atom is -0.279 e. The van der Waals surface area contributed by atoms with E-state index >= 15 is 0 Å². The second kappa shape index (κ2) is 8.73. The summed E-state index contributed by atoms with van der Waals surface area (Å²) in [7, 11) is 0. The van der Waals surface area contributed by atoms with E-state index < -0.39 is 4.92 Å². The van der Waals surface area contributed by atoms with Gasteiger partial charge in [0.05, 0.1) is 26.6 Å². The number of nitro benzene ring substituents is 1. The Morgan fingerprint density at radius 2 is 1.82 bits per heavy atom. The predicted molar refractivity (Wildman–Crippen MR) is 134 cm³/mol. The number of fused-ring (bicyclic) bond motifs is 2. The van der Waals surface area contributed by atoms with Crippen LogP contribution in [0, 0.1) is 10.1 Å². The number of amides is 1. The fourth-order valence-corrected chi connectivity index (χ4v) is 5.77. The number of carbonyl (C=O) groups excluding carboxylic acids is 1. The quantitative estimate of drug-likeness (QED) is 0.200. The number of nitrogens with zero attached hydrogens (tertiary/aromatic N) is 3. The first kappa shape index (κ1) is 21.2. The third kappa shape index (κ3) is 4.10. The van der Waals surface area contributed by atoms with Crippen LogP contribution < -0.4 is 4.90 Å². The molecule has 0 saturated heterocycles. The Morgan fingerprint density at radius 3 is 2.58 bits per heavy atom. The lowest BCUT2D eigenvalue weighted by molar-refractivity contribution is -0.384. The number of aromatic nitrogens is 1. The zero-order chi connectivity index (χ0) is 22.9. The Labute approximate surface area is 197 Å². The maximum atomic E-state index is 13.7. The molecule has 0 bridgehead atoms. The lowest BCUT2D eigenvalue weighted by Gasteiger charge is -2.19. The molecular formula is C25H19N3O3S2. The van der Waals surface area contributed by atoms with E-state index in [0.717, 1.165) is 32.5 Å². The Morgan fingerprint density at radius 1 is 1.00 bits per heavy atom. The lowest BCUT2D eigenvalue weighted by Crippen LogP contribution is -2.29. The van der Waals surface area contributed by atoms with Crippen molar-refractivity contribution in [3.05, 3.63) is 98.9 Å². The summed E-state index contributed by atoms with van der Waals surface area (Å²) < 4.78 is 1.88. The van der Waals surface area contributed by atoms with Gasteiger partial charge < -0.3 is 0 Å². The molecule has 0 radical (unpaired) electrons. The topological polar surface area (TPSA) is 76.3 Å². The maximum Gasteiger partial charge on any atom is 0.270 e. The molecule has 5 rings (SSSR count). The van der Waals surface area contributed by atoms with Crippen molar-refractivity contribution in [1.29, 1.82) is 0 Å².